The van der Waals surface area contributed by atoms with Gasteiger partial charge in [0.15, 0.2) is 0 Å². The van der Waals surface area contributed by atoms with Gasteiger partial charge in [-0.2, -0.15) is 0 Å². The number of carbonyl (C=O) groups excluding carboxylic acids is 1. The molecule has 2 aromatic rings. The van der Waals surface area contributed by atoms with Gasteiger partial charge in [0, 0.05) is 16.4 Å². The zero-order valence-electron chi connectivity index (χ0n) is 11.9. The lowest BCUT2D eigenvalue weighted by molar-refractivity contribution is 0.0903. The van der Waals surface area contributed by atoms with E-state index in [0.29, 0.717) is 0 Å². The van der Waals surface area contributed by atoms with E-state index >= 15 is 0 Å². The minimum atomic E-state index is -0.169. The van der Waals surface area contributed by atoms with Crippen LogP contribution in [0.1, 0.15) is 37.0 Å². The van der Waals surface area contributed by atoms with E-state index in [4.69, 9.17) is 0 Å². The van der Waals surface area contributed by atoms with Gasteiger partial charge >= 0.3 is 0 Å². The van der Waals surface area contributed by atoms with E-state index in [1.54, 1.807) is 0 Å². The Morgan fingerprint density at radius 3 is 2.60 bits per heavy atom. The van der Waals surface area contributed by atoms with Crippen LogP contribution in [0.3, 0.4) is 0 Å². The Morgan fingerprint density at radius 1 is 1.20 bits per heavy atom. The number of fused-ring (bicyclic) bond motifs is 1. The molecule has 0 fully saturated rings. The number of benzene rings is 2. The molecule has 1 amide bonds. The van der Waals surface area contributed by atoms with Crippen molar-refractivity contribution in [2.45, 2.75) is 32.2 Å². The number of nitrogens with one attached hydrogen (secondary N) is 1. The highest BCUT2D eigenvalue weighted by atomic mass is 79.9. The average molecular weight is 334 g/mol. The summed E-state index contributed by atoms with van der Waals surface area (Å²) in [5, 5.41) is 6.17. The molecule has 20 heavy (non-hydrogen) atoms. The molecule has 0 radical (unpaired) electrons. The van der Waals surface area contributed by atoms with Crippen LogP contribution in [-0.4, -0.2) is 16.8 Å². The summed E-state index contributed by atoms with van der Waals surface area (Å²) in [6.07, 6.45) is 1.83. The minimum Gasteiger partial charge on any atom is -0.347 e. The van der Waals surface area contributed by atoms with Gasteiger partial charge in [-0.1, -0.05) is 59.3 Å². The van der Waals surface area contributed by atoms with Crippen LogP contribution in [0.25, 0.3) is 10.8 Å². The predicted octanol–water partition coefficient (Wildman–Crippen LogP) is 4.52. The maximum absolute atomic E-state index is 12.6. The van der Waals surface area contributed by atoms with Crippen LogP contribution in [0.15, 0.2) is 42.5 Å². The highest BCUT2D eigenvalue weighted by Crippen LogP contribution is 2.21. The van der Waals surface area contributed by atoms with Gasteiger partial charge in [-0.05, 0) is 36.6 Å². The van der Waals surface area contributed by atoms with Crippen LogP contribution in [0, 0.1) is 0 Å². The molecule has 106 valence electrons. The van der Waals surface area contributed by atoms with Crippen LogP contribution < -0.4 is 5.32 Å². The highest BCUT2D eigenvalue weighted by Gasteiger charge is 2.24. The SMILES string of the molecule is CCC(C)(CCBr)NC(=O)c1cccc2ccccc12. The van der Waals surface area contributed by atoms with E-state index in [2.05, 4.69) is 35.1 Å². The summed E-state index contributed by atoms with van der Waals surface area (Å²) in [4.78, 5) is 12.6. The molecule has 2 nitrogen and oxygen atoms in total. The van der Waals surface area contributed by atoms with E-state index in [1.807, 2.05) is 42.5 Å². The van der Waals surface area contributed by atoms with Crippen molar-refractivity contribution in [1.82, 2.24) is 5.32 Å². The predicted molar refractivity (Wildman–Crippen MR) is 88.5 cm³/mol. The molecule has 0 aliphatic rings. The van der Waals surface area contributed by atoms with E-state index in [9.17, 15) is 4.79 Å². The lowest BCUT2D eigenvalue weighted by Gasteiger charge is -2.29. The third-order valence-corrected chi connectivity index (χ3v) is 4.27. The van der Waals surface area contributed by atoms with E-state index in [-0.39, 0.29) is 11.4 Å². The summed E-state index contributed by atoms with van der Waals surface area (Å²) >= 11 is 3.46. The molecule has 0 saturated heterocycles. The molecule has 1 N–H and O–H groups in total. The number of alkyl halides is 1. The quantitative estimate of drug-likeness (QED) is 0.800. The van der Waals surface area contributed by atoms with Gasteiger partial charge in [0.05, 0.1) is 0 Å². The van der Waals surface area contributed by atoms with Crippen molar-refractivity contribution in [2.24, 2.45) is 0 Å². The first-order valence-corrected chi connectivity index (χ1v) is 8.08. The number of hydrogen-bond acceptors (Lipinski definition) is 1. The monoisotopic (exact) mass is 333 g/mol. The first-order chi connectivity index (χ1) is 9.59. The standard InChI is InChI=1S/C17H20BrNO/c1-3-17(2,11-12-18)19-16(20)15-10-6-8-13-7-4-5-9-14(13)15/h4-10H,3,11-12H2,1-2H3,(H,19,20). The number of hydrogen-bond donors (Lipinski definition) is 1. The lowest BCUT2D eigenvalue weighted by atomic mass is 9.94. The fourth-order valence-electron chi connectivity index (χ4n) is 2.30. The highest BCUT2D eigenvalue weighted by molar-refractivity contribution is 9.09. The molecule has 0 spiro atoms. The van der Waals surface area contributed by atoms with Crippen molar-refractivity contribution in [3.63, 3.8) is 0 Å². The topological polar surface area (TPSA) is 29.1 Å². The van der Waals surface area contributed by atoms with Crippen LogP contribution >= 0.6 is 15.9 Å². The molecule has 0 saturated carbocycles. The zero-order valence-corrected chi connectivity index (χ0v) is 13.5. The fourth-order valence-corrected chi connectivity index (χ4v) is 3.18. The molecular formula is C17H20BrNO. The molecule has 0 heterocycles. The second-order valence-electron chi connectivity index (χ2n) is 5.33. The Hall–Kier alpha value is -1.35. The van der Waals surface area contributed by atoms with Crippen molar-refractivity contribution in [3.05, 3.63) is 48.0 Å². The maximum Gasteiger partial charge on any atom is 0.252 e. The van der Waals surface area contributed by atoms with Gasteiger partial charge in [0.25, 0.3) is 5.91 Å². The van der Waals surface area contributed by atoms with Crippen LogP contribution in [-0.2, 0) is 0 Å². The molecule has 0 aliphatic heterocycles. The Balaban J connectivity index is 2.32. The first kappa shape index (κ1) is 15.0. The normalized spacial score (nSPS) is 13.9. The summed E-state index contributed by atoms with van der Waals surface area (Å²) in [6, 6.07) is 13.8. The van der Waals surface area contributed by atoms with Gasteiger partial charge in [-0.25, -0.2) is 0 Å². The number of rotatable bonds is 5. The number of amides is 1. The first-order valence-electron chi connectivity index (χ1n) is 6.96. The van der Waals surface area contributed by atoms with Gasteiger partial charge in [-0.3, -0.25) is 4.79 Å². The summed E-state index contributed by atoms with van der Waals surface area (Å²) < 4.78 is 0. The molecule has 0 bridgehead atoms. The zero-order chi connectivity index (χ0) is 14.6. The molecule has 2 rings (SSSR count). The number of halogens is 1. The Labute approximate surface area is 128 Å². The molecular weight excluding hydrogens is 314 g/mol. The lowest BCUT2D eigenvalue weighted by Crippen LogP contribution is -2.45. The van der Waals surface area contributed by atoms with Crippen molar-refractivity contribution < 1.29 is 4.79 Å². The van der Waals surface area contributed by atoms with Crippen molar-refractivity contribution >= 4 is 32.6 Å². The maximum atomic E-state index is 12.6. The molecule has 1 unspecified atom stereocenters. The Bertz CT molecular complexity index is 605. The van der Waals surface area contributed by atoms with Gasteiger partial charge < -0.3 is 5.32 Å². The van der Waals surface area contributed by atoms with Crippen LogP contribution in [0.5, 0.6) is 0 Å². The van der Waals surface area contributed by atoms with Crippen molar-refractivity contribution in [3.8, 4) is 0 Å². The van der Waals surface area contributed by atoms with E-state index in [0.717, 1.165) is 34.5 Å². The summed E-state index contributed by atoms with van der Waals surface area (Å²) in [5.41, 5.74) is 0.578. The number of carbonyl (C=O) groups is 1. The van der Waals surface area contributed by atoms with E-state index in [1.165, 1.54) is 0 Å². The molecule has 2 aromatic carbocycles. The third kappa shape index (κ3) is 3.21. The summed E-state index contributed by atoms with van der Waals surface area (Å²) in [6.45, 7) is 4.20. The fraction of sp³-hybridized carbons (Fsp3) is 0.353. The molecule has 0 aromatic heterocycles. The van der Waals surface area contributed by atoms with Crippen LogP contribution in [0.2, 0.25) is 0 Å². The largest absolute Gasteiger partial charge is 0.347 e. The molecule has 3 heteroatoms. The van der Waals surface area contributed by atoms with Gasteiger partial charge in [0.1, 0.15) is 0 Å². The smallest absolute Gasteiger partial charge is 0.252 e. The van der Waals surface area contributed by atoms with Crippen molar-refractivity contribution in [1.29, 1.82) is 0 Å². The van der Waals surface area contributed by atoms with Crippen LogP contribution in [0.4, 0.5) is 0 Å². The van der Waals surface area contributed by atoms with Crippen molar-refractivity contribution in [2.75, 3.05) is 5.33 Å². The second kappa shape index (κ2) is 6.40. The van der Waals surface area contributed by atoms with Gasteiger partial charge in [0.2, 0.25) is 0 Å². The summed E-state index contributed by atoms with van der Waals surface area (Å²) in [5.74, 6) is 0.00657. The third-order valence-electron chi connectivity index (χ3n) is 3.88. The average Bonchev–Trinajstić information content (AvgIpc) is 2.46. The Kier molecular flexibility index (Phi) is 4.81. The minimum absolute atomic E-state index is 0.00657. The van der Waals surface area contributed by atoms with Gasteiger partial charge in [-0.15, -0.1) is 0 Å². The Morgan fingerprint density at radius 2 is 1.90 bits per heavy atom. The molecule has 0 aliphatic carbocycles. The molecule has 1 atom stereocenters. The second-order valence-corrected chi connectivity index (χ2v) is 6.13. The van der Waals surface area contributed by atoms with E-state index < -0.39 is 0 Å². The summed E-state index contributed by atoms with van der Waals surface area (Å²) in [7, 11) is 0.